The largest absolute Gasteiger partial charge is 0.308 e. The van der Waals surface area contributed by atoms with Crippen LogP contribution in [0, 0.1) is 0 Å². The van der Waals surface area contributed by atoms with Gasteiger partial charge in [0.05, 0.1) is 38.6 Å². The van der Waals surface area contributed by atoms with Crippen LogP contribution >= 0.6 is 0 Å². The average molecular weight is 635 g/mol. The molecule has 4 aromatic heterocycles. The van der Waals surface area contributed by atoms with E-state index in [2.05, 4.69) is 155 Å². The second kappa shape index (κ2) is 9.43. The quantitative estimate of drug-likeness (QED) is 0.194. The molecule has 0 N–H and O–H groups in total. The van der Waals surface area contributed by atoms with Crippen molar-refractivity contribution in [2.75, 3.05) is 0 Å². The predicted octanol–water partition coefficient (Wildman–Crippen LogP) is 11.8. The van der Waals surface area contributed by atoms with Crippen LogP contribution in [-0.4, -0.2) is 18.9 Å². The van der Waals surface area contributed by atoms with Crippen molar-refractivity contribution < 1.29 is 0 Å². The van der Waals surface area contributed by atoms with E-state index in [0.29, 0.717) is 0 Å². The average Bonchev–Trinajstić information content (AvgIpc) is 3.66. The first kappa shape index (κ1) is 26.2. The third kappa shape index (κ3) is 3.30. The molecule has 8 aromatic carbocycles. The lowest BCUT2D eigenvalue weighted by Crippen LogP contribution is -2.04. The van der Waals surface area contributed by atoms with Gasteiger partial charge < -0.3 is 4.40 Å². The maximum atomic E-state index is 5.46. The fourth-order valence-electron chi connectivity index (χ4n) is 8.69. The van der Waals surface area contributed by atoms with Gasteiger partial charge in [-0.1, -0.05) is 115 Å². The van der Waals surface area contributed by atoms with E-state index < -0.39 is 0 Å². The molecule has 4 nitrogen and oxygen atoms in total. The van der Waals surface area contributed by atoms with Gasteiger partial charge in [0.1, 0.15) is 5.69 Å². The first-order valence-corrected chi connectivity index (χ1v) is 17.1. The van der Waals surface area contributed by atoms with Crippen molar-refractivity contribution in [2.24, 2.45) is 0 Å². The monoisotopic (exact) mass is 634 g/mol. The molecule has 0 atom stereocenters. The maximum Gasteiger partial charge on any atom is 0.165 e. The molecule has 0 unspecified atom stereocenters. The summed E-state index contributed by atoms with van der Waals surface area (Å²) >= 11 is 0. The normalized spacial score (nSPS) is 12.4. The number of hydrogen-bond acceptors (Lipinski definition) is 2. The molecule has 230 valence electrons. The SMILES string of the molecule is c1ccc(-c2cccc(-c3nc4ccccc4nc3-n3c4ccc5cccc6c5c4c4c5c(ccc7c8ccccc8n6c75)ccc43)c2)cc1. The highest BCUT2D eigenvalue weighted by atomic mass is 15.1. The van der Waals surface area contributed by atoms with Gasteiger partial charge in [-0.15, -0.1) is 0 Å². The molecule has 0 radical (unpaired) electrons. The smallest absolute Gasteiger partial charge is 0.165 e. The molecule has 0 saturated heterocycles. The summed E-state index contributed by atoms with van der Waals surface area (Å²) in [5, 5.41) is 10.1. The number of nitrogens with zero attached hydrogens (tertiary/aromatic N) is 4. The second-order valence-corrected chi connectivity index (χ2v) is 13.4. The van der Waals surface area contributed by atoms with Crippen LogP contribution in [0.15, 0.2) is 158 Å². The van der Waals surface area contributed by atoms with Crippen LogP contribution in [-0.2, 0) is 0 Å². The Hall–Kier alpha value is -6.78. The molecular weight excluding hydrogens is 609 g/mol. The molecule has 0 spiro atoms. The van der Waals surface area contributed by atoms with Crippen LogP contribution in [0.4, 0.5) is 0 Å². The molecule has 0 saturated carbocycles. The molecule has 0 aliphatic heterocycles. The highest BCUT2D eigenvalue weighted by Gasteiger charge is 2.26. The molecular formula is C46H26N4. The third-order valence-corrected chi connectivity index (χ3v) is 10.8. The van der Waals surface area contributed by atoms with E-state index in [9.17, 15) is 0 Å². The summed E-state index contributed by atoms with van der Waals surface area (Å²) in [5.41, 5.74) is 11.9. The van der Waals surface area contributed by atoms with Crippen molar-refractivity contribution in [2.45, 2.75) is 0 Å². The van der Waals surface area contributed by atoms with E-state index in [1.807, 2.05) is 12.1 Å². The Morgan fingerprint density at radius 1 is 0.380 bits per heavy atom. The van der Waals surface area contributed by atoms with Gasteiger partial charge in [-0.2, -0.15) is 0 Å². The topological polar surface area (TPSA) is 35.1 Å². The van der Waals surface area contributed by atoms with Crippen molar-refractivity contribution in [3.8, 4) is 28.2 Å². The van der Waals surface area contributed by atoms with E-state index in [-0.39, 0.29) is 0 Å². The summed E-state index contributed by atoms with van der Waals surface area (Å²) in [7, 11) is 0. The van der Waals surface area contributed by atoms with Crippen LogP contribution in [0.1, 0.15) is 0 Å². The van der Waals surface area contributed by atoms with Crippen LogP contribution in [0.2, 0.25) is 0 Å². The standard InChI is InChI=1S/C46H26N4/c1-2-10-27(11-3-1)30-13-8-14-31(26-30)44-46(48-35-17-6-5-16-34(35)47-44)50-38-24-21-28-12-9-19-37-40(28)42(38)43-39(50)25-22-29-20-23-33-32-15-4-7-18-36(32)49(37)45(33)41(29)43/h1-26H. The molecule has 12 rings (SSSR count). The molecule has 50 heavy (non-hydrogen) atoms. The summed E-state index contributed by atoms with van der Waals surface area (Å²) in [4.78, 5) is 10.8. The molecule has 4 heteroatoms. The van der Waals surface area contributed by atoms with E-state index in [4.69, 9.17) is 9.97 Å². The third-order valence-electron chi connectivity index (χ3n) is 10.8. The van der Waals surface area contributed by atoms with Crippen molar-refractivity contribution >= 4 is 81.7 Å². The van der Waals surface area contributed by atoms with E-state index >= 15 is 0 Å². The van der Waals surface area contributed by atoms with Gasteiger partial charge in [-0.25, -0.2) is 9.97 Å². The van der Waals surface area contributed by atoms with Gasteiger partial charge in [-0.3, -0.25) is 4.57 Å². The van der Waals surface area contributed by atoms with Crippen molar-refractivity contribution in [3.63, 3.8) is 0 Å². The summed E-state index contributed by atoms with van der Waals surface area (Å²) in [6.45, 7) is 0. The summed E-state index contributed by atoms with van der Waals surface area (Å²) in [6.07, 6.45) is 0. The number of hydrogen-bond donors (Lipinski definition) is 0. The zero-order valence-corrected chi connectivity index (χ0v) is 26.8. The lowest BCUT2D eigenvalue weighted by Gasteiger charge is -2.15. The van der Waals surface area contributed by atoms with Crippen LogP contribution < -0.4 is 0 Å². The molecule has 0 aliphatic rings. The second-order valence-electron chi connectivity index (χ2n) is 13.4. The van der Waals surface area contributed by atoms with Gasteiger partial charge in [0.2, 0.25) is 0 Å². The Morgan fingerprint density at radius 3 is 1.88 bits per heavy atom. The molecule has 12 aromatic rings. The first-order chi connectivity index (χ1) is 24.8. The van der Waals surface area contributed by atoms with Gasteiger partial charge >= 0.3 is 0 Å². The van der Waals surface area contributed by atoms with Gasteiger partial charge in [0.15, 0.2) is 5.82 Å². The fourth-order valence-corrected chi connectivity index (χ4v) is 8.69. The van der Waals surface area contributed by atoms with Crippen LogP contribution in [0.3, 0.4) is 0 Å². The highest BCUT2D eigenvalue weighted by Crippen LogP contribution is 2.48. The minimum Gasteiger partial charge on any atom is -0.308 e. The van der Waals surface area contributed by atoms with Gasteiger partial charge in [0.25, 0.3) is 0 Å². The zero-order valence-electron chi connectivity index (χ0n) is 26.8. The minimum absolute atomic E-state index is 0.832. The number of para-hydroxylation sites is 3. The van der Waals surface area contributed by atoms with Crippen molar-refractivity contribution in [1.29, 1.82) is 0 Å². The highest BCUT2D eigenvalue weighted by molar-refractivity contribution is 6.37. The molecule has 0 fully saturated rings. The van der Waals surface area contributed by atoms with E-state index in [0.717, 1.165) is 44.7 Å². The lowest BCUT2D eigenvalue weighted by atomic mass is 9.98. The summed E-state index contributed by atoms with van der Waals surface area (Å²) < 4.78 is 4.89. The number of rotatable bonds is 3. The van der Waals surface area contributed by atoms with E-state index in [1.54, 1.807) is 0 Å². The molecule has 0 amide bonds. The zero-order chi connectivity index (χ0) is 32.5. The first-order valence-electron chi connectivity index (χ1n) is 17.1. The predicted molar refractivity (Wildman–Crippen MR) is 208 cm³/mol. The van der Waals surface area contributed by atoms with Crippen molar-refractivity contribution in [1.82, 2.24) is 18.9 Å². The molecule has 0 bridgehead atoms. The van der Waals surface area contributed by atoms with Crippen LogP contribution in [0.25, 0.3) is 110 Å². The summed E-state index contributed by atoms with van der Waals surface area (Å²) in [6, 6.07) is 56.8. The van der Waals surface area contributed by atoms with E-state index in [1.165, 1.54) is 65.2 Å². The minimum atomic E-state index is 0.832. The van der Waals surface area contributed by atoms with Crippen molar-refractivity contribution in [3.05, 3.63) is 158 Å². The maximum absolute atomic E-state index is 5.46. The fraction of sp³-hybridized carbons (Fsp3) is 0. The van der Waals surface area contributed by atoms with Gasteiger partial charge in [-0.05, 0) is 64.4 Å². The van der Waals surface area contributed by atoms with Crippen LogP contribution in [0.5, 0.6) is 0 Å². The Labute approximate surface area is 285 Å². The molecule has 4 heterocycles. The lowest BCUT2D eigenvalue weighted by molar-refractivity contribution is 1.08. The summed E-state index contributed by atoms with van der Waals surface area (Å²) in [5.74, 6) is 0.832. The Balaban J connectivity index is 1.29. The Morgan fingerprint density at radius 2 is 1.02 bits per heavy atom. The van der Waals surface area contributed by atoms with Gasteiger partial charge in [0, 0.05) is 37.9 Å². The number of fused-ring (bicyclic) bond motifs is 5. The molecule has 0 aliphatic carbocycles. The Bertz CT molecular complexity index is 3310. The Kier molecular flexibility index (Phi) is 4.94. The number of aromatic nitrogens is 4. The number of benzene rings is 8.